The van der Waals surface area contributed by atoms with Crippen LogP contribution in [0.3, 0.4) is 0 Å². The molecule has 21 heavy (non-hydrogen) atoms. The number of likely N-dealkylation sites (N-methyl/N-ethyl adjacent to an activating group) is 1. The van der Waals surface area contributed by atoms with Crippen molar-refractivity contribution < 1.29 is 9.13 Å². The molecule has 0 saturated carbocycles. The van der Waals surface area contributed by atoms with E-state index < -0.39 is 0 Å². The van der Waals surface area contributed by atoms with E-state index in [0.717, 1.165) is 17.7 Å². The monoisotopic (exact) mass is 351 g/mol. The summed E-state index contributed by atoms with van der Waals surface area (Å²) in [5.74, 6) is 0.640. The highest BCUT2D eigenvalue weighted by atomic mass is 79.9. The Kier molecular flexibility index (Phi) is 5.76. The molecule has 0 saturated heterocycles. The summed E-state index contributed by atoms with van der Waals surface area (Å²) < 4.78 is 19.2. The molecule has 0 bridgehead atoms. The van der Waals surface area contributed by atoms with Crippen molar-refractivity contribution >= 4 is 15.9 Å². The van der Waals surface area contributed by atoms with Gasteiger partial charge in [0.2, 0.25) is 0 Å². The third kappa shape index (κ3) is 4.29. The summed E-state index contributed by atoms with van der Waals surface area (Å²) in [6.45, 7) is 2.63. The molecule has 0 fully saturated rings. The molecule has 0 aliphatic heterocycles. The van der Waals surface area contributed by atoms with E-state index in [1.165, 1.54) is 11.6 Å². The summed E-state index contributed by atoms with van der Waals surface area (Å²) in [7, 11) is 1.93. The lowest BCUT2D eigenvalue weighted by Gasteiger charge is -2.17. The fraction of sp³-hybridized carbons (Fsp3) is 0.294. The minimum atomic E-state index is -0.235. The van der Waals surface area contributed by atoms with Crippen LogP contribution in [-0.2, 0) is 6.42 Å². The highest BCUT2D eigenvalue weighted by molar-refractivity contribution is 9.10. The third-order valence-corrected chi connectivity index (χ3v) is 3.97. The van der Waals surface area contributed by atoms with Crippen molar-refractivity contribution in [2.75, 3.05) is 13.7 Å². The second-order valence-corrected chi connectivity index (χ2v) is 5.65. The zero-order chi connectivity index (χ0) is 15.2. The van der Waals surface area contributed by atoms with Gasteiger partial charge < -0.3 is 10.1 Å². The normalized spacial score (nSPS) is 12.2. The van der Waals surface area contributed by atoms with Crippen LogP contribution in [0.1, 0.15) is 24.1 Å². The van der Waals surface area contributed by atoms with Crippen LogP contribution in [-0.4, -0.2) is 13.7 Å². The van der Waals surface area contributed by atoms with Crippen LogP contribution in [0.15, 0.2) is 46.9 Å². The van der Waals surface area contributed by atoms with Crippen molar-refractivity contribution in [3.8, 4) is 5.75 Å². The summed E-state index contributed by atoms with van der Waals surface area (Å²) in [6, 6.07) is 13.4. The van der Waals surface area contributed by atoms with Gasteiger partial charge in [0.1, 0.15) is 11.6 Å². The Hall–Kier alpha value is -1.39. The van der Waals surface area contributed by atoms with E-state index in [-0.39, 0.29) is 11.9 Å². The van der Waals surface area contributed by atoms with Gasteiger partial charge in [-0.05, 0) is 71.7 Å². The number of hydrogen-bond acceptors (Lipinski definition) is 2. The minimum absolute atomic E-state index is 0.179. The van der Waals surface area contributed by atoms with E-state index in [1.54, 1.807) is 0 Å². The smallest absolute Gasteiger partial charge is 0.137 e. The molecule has 1 atom stereocenters. The molecule has 4 heteroatoms. The maximum atomic E-state index is 13.3. The number of hydrogen-bond donors (Lipinski definition) is 1. The second-order valence-electron chi connectivity index (χ2n) is 4.80. The summed E-state index contributed by atoms with van der Waals surface area (Å²) in [4.78, 5) is 0. The van der Waals surface area contributed by atoms with E-state index in [1.807, 2.05) is 38.2 Å². The second kappa shape index (κ2) is 7.57. The van der Waals surface area contributed by atoms with E-state index in [9.17, 15) is 4.39 Å². The molecule has 0 aliphatic carbocycles. The standard InChI is InChI=1S/C17H19BrFNO/c1-3-21-14-7-5-13(6-8-14)17(20-2)11-12-4-9-16(19)15(18)10-12/h4-10,17,20H,3,11H2,1-2H3. The van der Waals surface area contributed by atoms with E-state index in [4.69, 9.17) is 4.74 Å². The van der Waals surface area contributed by atoms with Gasteiger partial charge in [-0.1, -0.05) is 18.2 Å². The van der Waals surface area contributed by atoms with Gasteiger partial charge in [0.05, 0.1) is 11.1 Å². The predicted molar refractivity (Wildman–Crippen MR) is 87.2 cm³/mol. The quantitative estimate of drug-likeness (QED) is 0.827. The zero-order valence-corrected chi connectivity index (χ0v) is 13.8. The lowest BCUT2D eigenvalue weighted by molar-refractivity contribution is 0.340. The minimum Gasteiger partial charge on any atom is -0.494 e. The lowest BCUT2D eigenvalue weighted by Crippen LogP contribution is -2.18. The first kappa shape index (κ1) is 16.0. The number of benzene rings is 2. The van der Waals surface area contributed by atoms with Crippen LogP contribution in [0.4, 0.5) is 4.39 Å². The fourth-order valence-electron chi connectivity index (χ4n) is 2.25. The summed E-state index contributed by atoms with van der Waals surface area (Å²) >= 11 is 3.23. The Labute approximate surface area is 133 Å². The maximum absolute atomic E-state index is 13.3. The molecule has 2 rings (SSSR count). The van der Waals surface area contributed by atoms with Gasteiger partial charge in [-0.3, -0.25) is 0 Å². The van der Waals surface area contributed by atoms with Crippen LogP contribution < -0.4 is 10.1 Å². The van der Waals surface area contributed by atoms with Crippen molar-refractivity contribution in [2.24, 2.45) is 0 Å². The number of nitrogens with one attached hydrogen (secondary N) is 1. The molecule has 0 heterocycles. The largest absolute Gasteiger partial charge is 0.494 e. The molecule has 0 amide bonds. The number of ether oxygens (including phenoxy) is 1. The first-order chi connectivity index (χ1) is 10.1. The molecule has 1 unspecified atom stereocenters. The molecular formula is C17H19BrFNO. The molecular weight excluding hydrogens is 333 g/mol. The molecule has 2 aromatic carbocycles. The van der Waals surface area contributed by atoms with Gasteiger partial charge >= 0.3 is 0 Å². The van der Waals surface area contributed by atoms with Crippen LogP contribution >= 0.6 is 15.9 Å². The van der Waals surface area contributed by atoms with Crippen LogP contribution in [0.25, 0.3) is 0 Å². The number of rotatable bonds is 6. The fourth-order valence-corrected chi connectivity index (χ4v) is 2.68. The van der Waals surface area contributed by atoms with E-state index in [2.05, 4.69) is 33.4 Å². The van der Waals surface area contributed by atoms with Gasteiger partial charge in [-0.25, -0.2) is 4.39 Å². The summed E-state index contributed by atoms with van der Waals surface area (Å²) in [5, 5.41) is 3.30. The van der Waals surface area contributed by atoms with Gasteiger partial charge in [0, 0.05) is 6.04 Å². The highest BCUT2D eigenvalue weighted by Crippen LogP contribution is 2.24. The Morgan fingerprint density at radius 3 is 2.48 bits per heavy atom. The van der Waals surface area contributed by atoms with Gasteiger partial charge in [-0.2, -0.15) is 0 Å². The Morgan fingerprint density at radius 2 is 1.90 bits per heavy atom. The molecule has 1 N–H and O–H groups in total. The molecule has 0 aliphatic rings. The van der Waals surface area contributed by atoms with Crippen LogP contribution in [0.2, 0.25) is 0 Å². The topological polar surface area (TPSA) is 21.3 Å². The van der Waals surface area contributed by atoms with Crippen molar-refractivity contribution in [2.45, 2.75) is 19.4 Å². The number of halogens is 2. The highest BCUT2D eigenvalue weighted by Gasteiger charge is 2.11. The molecule has 2 aromatic rings. The van der Waals surface area contributed by atoms with E-state index >= 15 is 0 Å². The SMILES string of the molecule is CCOc1ccc(C(Cc2ccc(F)c(Br)c2)NC)cc1. The molecule has 0 radical (unpaired) electrons. The first-order valence-electron chi connectivity index (χ1n) is 6.98. The molecule has 0 spiro atoms. The average molecular weight is 352 g/mol. The van der Waals surface area contributed by atoms with Gasteiger partial charge in [0.15, 0.2) is 0 Å². The summed E-state index contributed by atoms with van der Waals surface area (Å²) in [5.41, 5.74) is 2.26. The van der Waals surface area contributed by atoms with E-state index in [0.29, 0.717) is 11.1 Å². The third-order valence-electron chi connectivity index (χ3n) is 3.37. The van der Waals surface area contributed by atoms with Gasteiger partial charge in [0.25, 0.3) is 0 Å². The first-order valence-corrected chi connectivity index (χ1v) is 7.77. The van der Waals surface area contributed by atoms with Crippen molar-refractivity contribution in [1.82, 2.24) is 5.32 Å². The zero-order valence-electron chi connectivity index (χ0n) is 12.2. The Balaban J connectivity index is 2.13. The molecule has 0 aromatic heterocycles. The Bertz CT molecular complexity index is 586. The molecule has 112 valence electrons. The van der Waals surface area contributed by atoms with Crippen molar-refractivity contribution in [3.05, 3.63) is 63.9 Å². The maximum Gasteiger partial charge on any atom is 0.137 e. The van der Waals surface area contributed by atoms with Crippen molar-refractivity contribution in [1.29, 1.82) is 0 Å². The summed E-state index contributed by atoms with van der Waals surface area (Å²) in [6.07, 6.45) is 0.795. The molecule has 2 nitrogen and oxygen atoms in total. The average Bonchev–Trinajstić information content (AvgIpc) is 2.50. The van der Waals surface area contributed by atoms with Crippen molar-refractivity contribution in [3.63, 3.8) is 0 Å². The van der Waals surface area contributed by atoms with Crippen LogP contribution in [0, 0.1) is 5.82 Å². The van der Waals surface area contributed by atoms with Crippen LogP contribution in [0.5, 0.6) is 5.75 Å². The predicted octanol–water partition coefficient (Wildman–Crippen LogP) is 4.49. The van der Waals surface area contributed by atoms with Gasteiger partial charge in [-0.15, -0.1) is 0 Å². The lowest BCUT2D eigenvalue weighted by atomic mass is 9.99. The Morgan fingerprint density at radius 1 is 1.19 bits per heavy atom.